The van der Waals surface area contributed by atoms with Gasteiger partial charge in [0.05, 0.1) is 7.11 Å². The number of carbonyl (C=O) groups excluding carboxylic acids is 1. The number of methoxy groups -OCH3 is 1. The zero-order valence-corrected chi connectivity index (χ0v) is 10.7. The Morgan fingerprint density at radius 1 is 1.47 bits per heavy atom. The molecule has 94 valence electrons. The van der Waals surface area contributed by atoms with E-state index < -0.39 is 0 Å². The second-order valence-electron chi connectivity index (χ2n) is 4.10. The van der Waals surface area contributed by atoms with Gasteiger partial charge in [0, 0.05) is 23.8 Å². The topological polar surface area (TPSA) is 63.2 Å². The summed E-state index contributed by atoms with van der Waals surface area (Å²) in [4.78, 5) is 15.6. The molecule has 2 N–H and O–H groups in total. The molecule has 0 atom stereocenters. The van der Waals surface area contributed by atoms with Crippen LogP contribution in [-0.2, 0) is 6.54 Å². The lowest BCUT2D eigenvalue weighted by Crippen LogP contribution is -2.39. The molecule has 0 saturated carbocycles. The standard InChI is InChI=1S/C12H19N3O2/c1-8(2)14-12(16)13-7-10-6-5-9(3)15-11(10)17-4/h5-6,8H,7H2,1-4H3,(H2,13,14,16). The summed E-state index contributed by atoms with van der Waals surface area (Å²) in [5, 5.41) is 5.50. The van der Waals surface area contributed by atoms with Crippen LogP contribution in [0, 0.1) is 6.92 Å². The number of hydrogen-bond acceptors (Lipinski definition) is 3. The first-order valence-corrected chi connectivity index (χ1v) is 5.57. The molecule has 0 aliphatic rings. The summed E-state index contributed by atoms with van der Waals surface area (Å²) in [5.41, 5.74) is 1.74. The van der Waals surface area contributed by atoms with Crippen molar-refractivity contribution in [3.05, 3.63) is 23.4 Å². The second kappa shape index (κ2) is 6.08. The summed E-state index contributed by atoms with van der Waals surface area (Å²) in [7, 11) is 1.57. The Balaban J connectivity index is 2.60. The molecule has 0 aliphatic heterocycles. The normalized spacial score (nSPS) is 10.2. The molecule has 0 aliphatic carbocycles. The van der Waals surface area contributed by atoms with Crippen molar-refractivity contribution in [2.75, 3.05) is 7.11 Å². The molecule has 0 bridgehead atoms. The van der Waals surface area contributed by atoms with Crippen LogP contribution in [0.1, 0.15) is 25.1 Å². The van der Waals surface area contributed by atoms with Crippen molar-refractivity contribution < 1.29 is 9.53 Å². The van der Waals surface area contributed by atoms with Crippen molar-refractivity contribution in [3.8, 4) is 5.88 Å². The molecule has 1 heterocycles. The third-order valence-corrected chi connectivity index (χ3v) is 2.13. The summed E-state index contributed by atoms with van der Waals surface area (Å²) >= 11 is 0. The van der Waals surface area contributed by atoms with Crippen LogP contribution in [0.5, 0.6) is 5.88 Å². The number of ether oxygens (including phenoxy) is 1. The first kappa shape index (κ1) is 13.3. The van der Waals surface area contributed by atoms with E-state index in [1.165, 1.54) is 0 Å². The van der Waals surface area contributed by atoms with Gasteiger partial charge in [-0.15, -0.1) is 0 Å². The SMILES string of the molecule is COc1nc(C)ccc1CNC(=O)NC(C)C. The first-order chi connectivity index (χ1) is 8.02. The maximum absolute atomic E-state index is 11.4. The van der Waals surface area contributed by atoms with E-state index in [2.05, 4.69) is 15.6 Å². The maximum atomic E-state index is 11.4. The molecule has 0 aromatic carbocycles. The molecule has 2 amide bonds. The van der Waals surface area contributed by atoms with Crippen LogP contribution in [0.3, 0.4) is 0 Å². The highest BCUT2D eigenvalue weighted by Gasteiger charge is 2.07. The quantitative estimate of drug-likeness (QED) is 0.836. The average molecular weight is 237 g/mol. The Labute approximate surface area is 102 Å². The van der Waals surface area contributed by atoms with Crippen LogP contribution in [0.25, 0.3) is 0 Å². The van der Waals surface area contributed by atoms with Crippen LogP contribution in [0.4, 0.5) is 4.79 Å². The van der Waals surface area contributed by atoms with Gasteiger partial charge >= 0.3 is 6.03 Å². The molecule has 1 aromatic heterocycles. The lowest BCUT2D eigenvalue weighted by Gasteiger charge is -2.12. The van der Waals surface area contributed by atoms with Crippen molar-refractivity contribution in [1.82, 2.24) is 15.6 Å². The second-order valence-corrected chi connectivity index (χ2v) is 4.10. The summed E-state index contributed by atoms with van der Waals surface area (Å²) < 4.78 is 5.16. The molecular formula is C12H19N3O2. The molecule has 5 nitrogen and oxygen atoms in total. The van der Waals surface area contributed by atoms with Crippen molar-refractivity contribution in [3.63, 3.8) is 0 Å². The largest absolute Gasteiger partial charge is 0.481 e. The van der Waals surface area contributed by atoms with E-state index in [1.807, 2.05) is 32.9 Å². The third-order valence-electron chi connectivity index (χ3n) is 2.13. The van der Waals surface area contributed by atoms with Crippen molar-refractivity contribution in [1.29, 1.82) is 0 Å². The van der Waals surface area contributed by atoms with Gasteiger partial charge in [-0.25, -0.2) is 9.78 Å². The summed E-state index contributed by atoms with van der Waals surface area (Å²) in [6.07, 6.45) is 0. The minimum atomic E-state index is -0.192. The van der Waals surface area contributed by atoms with Gasteiger partial charge in [0.2, 0.25) is 5.88 Å². The highest BCUT2D eigenvalue weighted by molar-refractivity contribution is 5.74. The van der Waals surface area contributed by atoms with Crippen LogP contribution in [0.2, 0.25) is 0 Å². The molecule has 0 fully saturated rings. The van der Waals surface area contributed by atoms with E-state index >= 15 is 0 Å². The minimum Gasteiger partial charge on any atom is -0.481 e. The van der Waals surface area contributed by atoms with Gasteiger partial charge in [-0.3, -0.25) is 0 Å². The van der Waals surface area contributed by atoms with Crippen LogP contribution in [-0.4, -0.2) is 24.2 Å². The molecule has 1 rings (SSSR count). The van der Waals surface area contributed by atoms with Gasteiger partial charge in [0.1, 0.15) is 0 Å². The number of hydrogen-bond donors (Lipinski definition) is 2. The first-order valence-electron chi connectivity index (χ1n) is 5.57. The smallest absolute Gasteiger partial charge is 0.315 e. The molecule has 0 spiro atoms. The van der Waals surface area contributed by atoms with Gasteiger partial charge in [-0.05, 0) is 26.8 Å². The monoisotopic (exact) mass is 237 g/mol. The number of aryl methyl sites for hydroxylation is 1. The molecule has 0 unspecified atom stereocenters. The van der Waals surface area contributed by atoms with Gasteiger partial charge in [0.15, 0.2) is 0 Å². The summed E-state index contributed by atoms with van der Waals surface area (Å²) in [6.45, 7) is 6.11. The van der Waals surface area contributed by atoms with Gasteiger partial charge < -0.3 is 15.4 Å². The zero-order chi connectivity index (χ0) is 12.8. The van der Waals surface area contributed by atoms with E-state index in [4.69, 9.17) is 4.74 Å². The van der Waals surface area contributed by atoms with Crippen molar-refractivity contribution in [2.45, 2.75) is 33.4 Å². The Hall–Kier alpha value is -1.78. The number of aromatic nitrogens is 1. The highest BCUT2D eigenvalue weighted by atomic mass is 16.5. The fraction of sp³-hybridized carbons (Fsp3) is 0.500. The average Bonchev–Trinajstić information content (AvgIpc) is 2.26. The van der Waals surface area contributed by atoms with Gasteiger partial charge in [-0.2, -0.15) is 0 Å². The van der Waals surface area contributed by atoms with Crippen LogP contribution in [0.15, 0.2) is 12.1 Å². The molecule has 17 heavy (non-hydrogen) atoms. The Kier molecular flexibility index (Phi) is 4.75. The van der Waals surface area contributed by atoms with Gasteiger partial charge in [0.25, 0.3) is 0 Å². The van der Waals surface area contributed by atoms with E-state index in [9.17, 15) is 4.79 Å². The maximum Gasteiger partial charge on any atom is 0.315 e. The van der Waals surface area contributed by atoms with E-state index in [0.717, 1.165) is 11.3 Å². The predicted molar refractivity (Wildman–Crippen MR) is 66.0 cm³/mol. The highest BCUT2D eigenvalue weighted by Crippen LogP contribution is 2.14. The number of pyridine rings is 1. The summed E-state index contributed by atoms with van der Waals surface area (Å²) in [6, 6.07) is 3.71. The summed E-state index contributed by atoms with van der Waals surface area (Å²) in [5.74, 6) is 0.551. The van der Waals surface area contributed by atoms with Crippen molar-refractivity contribution in [2.24, 2.45) is 0 Å². The zero-order valence-electron chi connectivity index (χ0n) is 10.7. The molecular weight excluding hydrogens is 218 g/mol. The number of nitrogens with one attached hydrogen (secondary N) is 2. The number of nitrogens with zero attached hydrogens (tertiary/aromatic N) is 1. The molecule has 0 saturated heterocycles. The number of amides is 2. The van der Waals surface area contributed by atoms with Crippen LogP contribution >= 0.6 is 0 Å². The molecule has 1 aromatic rings. The predicted octanol–water partition coefficient (Wildman–Crippen LogP) is 1.61. The minimum absolute atomic E-state index is 0.119. The number of urea groups is 1. The fourth-order valence-electron chi connectivity index (χ4n) is 1.36. The number of carbonyl (C=O) groups is 1. The van der Waals surface area contributed by atoms with Crippen molar-refractivity contribution >= 4 is 6.03 Å². The fourth-order valence-corrected chi connectivity index (χ4v) is 1.36. The molecule has 5 heteroatoms. The Morgan fingerprint density at radius 2 is 2.18 bits per heavy atom. The Bertz CT molecular complexity index is 391. The van der Waals surface area contributed by atoms with Crippen LogP contribution < -0.4 is 15.4 Å². The Morgan fingerprint density at radius 3 is 2.76 bits per heavy atom. The number of rotatable bonds is 4. The van der Waals surface area contributed by atoms with E-state index in [-0.39, 0.29) is 12.1 Å². The molecule has 0 radical (unpaired) electrons. The van der Waals surface area contributed by atoms with E-state index in [0.29, 0.717) is 12.4 Å². The third kappa shape index (κ3) is 4.30. The van der Waals surface area contributed by atoms with Gasteiger partial charge in [-0.1, -0.05) is 6.07 Å². The van der Waals surface area contributed by atoms with E-state index in [1.54, 1.807) is 7.11 Å². The lowest BCUT2D eigenvalue weighted by atomic mass is 10.2. The lowest BCUT2D eigenvalue weighted by molar-refractivity contribution is 0.238.